The molecule has 1 aromatic heterocycles. The van der Waals surface area contributed by atoms with Gasteiger partial charge in [0.15, 0.2) is 0 Å². The molecule has 0 fully saturated rings. The SMILES string of the molecule is O=C(CSc1ncccc1C(=O)[O-])Nc1ccc(OC(F)(F)F)cc1.[K+]. The Morgan fingerprint density at radius 2 is 1.85 bits per heavy atom. The standard InChI is InChI=1S/C15H11F3N2O4S.K/c16-15(17,18)24-10-5-3-9(4-6-10)20-12(21)8-25-13-11(14(22)23)2-1-7-19-13;/h1-7H,8H2,(H,20,21)(H,22,23);/q;+1/p-1. The van der Waals surface area contributed by atoms with E-state index in [1.54, 1.807) is 0 Å². The van der Waals surface area contributed by atoms with Crippen molar-refractivity contribution >= 4 is 29.3 Å². The number of halogens is 3. The minimum absolute atomic E-state index is 0. The van der Waals surface area contributed by atoms with E-state index >= 15 is 0 Å². The number of anilines is 1. The van der Waals surface area contributed by atoms with Crippen molar-refractivity contribution in [1.82, 2.24) is 4.98 Å². The second-order valence-electron chi connectivity index (χ2n) is 4.55. The number of amides is 1. The van der Waals surface area contributed by atoms with Gasteiger partial charge in [-0.3, -0.25) is 4.79 Å². The van der Waals surface area contributed by atoms with Crippen LogP contribution in [-0.4, -0.2) is 29.0 Å². The number of hydrogen-bond acceptors (Lipinski definition) is 6. The van der Waals surface area contributed by atoms with E-state index in [0.29, 0.717) is 0 Å². The number of alkyl halides is 3. The van der Waals surface area contributed by atoms with Gasteiger partial charge in [-0.2, -0.15) is 0 Å². The molecule has 1 amide bonds. The second kappa shape index (κ2) is 10.3. The molecule has 0 saturated carbocycles. The minimum Gasteiger partial charge on any atom is -0.545 e. The summed E-state index contributed by atoms with van der Waals surface area (Å²) in [5.74, 6) is -2.44. The average molecular weight is 410 g/mol. The van der Waals surface area contributed by atoms with Crippen LogP contribution in [0.1, 0.15) is 10.4 Å². The van der Waals surface area contributed by atoms with Gasteiger partial charge in [-0.25, -0.2) is 4.98 Å². The Bertz CT molecular complexity index is 772. The summed E-state index contributed by atoms with van der Waals surface area (Å²) < 4.78 is 39.9. The number of benzene rings is 1. The third-order valence-corrected chi connectivity index (χ3v) is 3.71. The second-order valence-corrected chi connectivity index (χ2v) is 5.52. The number of pyridine rings is 1. The Morgan fingerprint density at radius 3 is 2.42 bits per heavy atom. The first-order valence-corrected chi connectivity index (χ1v) is 7.68. The van der Waals surface area contributed by atoms with Gasteiger partial charge in [-0.1, -0.05) is 11.8 Å². The number of carbonyl (C=O) groups is 2. The predicted octanol–water partition coefficient (Wildman–Crippen LogP) is -0.921. The zero-order valence-corrected chi connectivity index (χ0v) is 17.3. The number of carboxylic acids is 1. The van der Waals surface area contributed by atoms with Crippen molar-refractivity contribution in [3.63, 3.8) is 0 Å². The zero-order chi connectivity index (χ0) is 18.4. The molecule has 0 spiro atoms. The fourth-order valence-corrected chi connectivity index (χ4v) is 2.51. The van der Waals surface area contributed by atoms with E-state index in [4.69, 9.17) is 0 Å². The van der Waals surface area contributed by atoms with Crippen molar-refractivity contribution in [1.29, 1.82) is 0 Å². The normalized spacial score (nSPS) is 10.6. The van der Waals surface area contributed by atoms with Gasteiger partial charge in [-0.05, 0) is 36.4 Å². The van der Waals surface area contributed by atoms with Crippen molar-refractivity contribution in [3.05, 3.63) is 48.2 Å². The summed E-state index contributed by atoms with van der Waals surface area (Å²) in [6, 6.07) is 7.35. The van der Waals surface area contributed by atoms with Crippen molar-refractivity contribution in [3.8, 4) is 5.75 Å². The van der Waals surface area contributed by atoms with Crippen LogP contribution in [0.5, 0.6) is 5.75 Å². The number of ether oxygens (including phenoxy) is 1. The predicted molar refractivity (Wildman–Crippen MR) is 81.0 cm³/mol. The Morgan fingerprint density at radius 1 is 1.19 bits per heavy atom. The number of nitrogens with zero attached hydrogens (tertiary/aromatic N) is 1. The maximum absolute atomic E-state index is 12.1. The number of aromatic carboxylic acids is 1. The van der Waals surface area contributed by atoms with Crippen LogP contribution in [-0.2, 0) is 4.79 Å². The molecule has 0 bridgehead atoms. The quantitative estimate of drug-likeness (QED) is 0.489. The van der Waals surface area contributed by atoms with E-state index in [1.165, 1.54) is 30.5 Å². The van der Waals surface area contributed by atoms with Crippen molar-refractivity contribution < 1.29 is 84.0 Å². The van der Waals surface area contributed by atoms with Crippen molar-refractivity contribution in [2.24, 2.45) is 0 Å². The van der Waals surface area contributed by atoms with Crippen molar-refractivity contribution in [2.75, 3.05) is 11.1 Å². The number of thioether (sulfide) groups is 1. The monoisotopic (exact) mass is 410 g/mol. The van der Waals surface area contributed by atoms with E-state index in [9.17, 15) is 27.9 Å². The zero-order valence-electron chi connectivity index (χ0n) is 13.4. The maximum atomic E-state index is 12.1. The molecule has 0 radical (unpaired) electrons. The fourth-order valence-electron chi connectivity index (χ4n) is 1.73. The first kappa shape index (κ1) is 22.9. The molecule has 1 N–H and O–H groups in total. The molecule has 0 unspecified atom stereocenters. The Kier molecular flexibility index (Phi) is 9.06. The molecular weight excluding hydrogens is 400 g/mol. The van der Waals surface area contributed by atoms with E-state index in [1.807, 2.05) is 0 Å². The number of aromatic nitrogens is 1. The smallest absolute Gasteiger partial charge is 0.545 e. The average Bonchev–Trinajstić information content (AvgIpc) is 2.53. The molecule has 2 aromatic rings. The molecule has 26 heavy (non-hydrogen) atoms. The molecule has 0 aliphatic rings. The molecule has 0 atom stereocenters. The summed E-state index contributed by atoms with van der Waals surface area (Å²) in [4.78, 5) is 26.6. The summed E-state index contributed by atoms with van der Waals surface area (Å²) in [7, 11) is 0. The Labute approximate surface area is 192 Å². The van der Waals surface area contributed by atoms with Crippen molar-refractivity contribution in [2.45, 2.75) is 11.4 Å². The molecule has 0 saturated heterocycles. The molecule has 0 aliphatic heterocycles. The van der Waals surface area contributed by atoms with Gasteiger partial charge in [0.1, 0.15) is 10.8 Å². The van der Waals surface area contributed by atoms with Crippen LogP contribution in [0.2, 0.25) is 0 Å². The van der Waals surface area contributed by atoms with Gasteiger partial charge in [0.2, 0.25) is 5.91 Å². The topological polar surface area (TPSA) is 91.4 Å². The van der Waals surface area contributed by atoms with Crippen LogP contribution >= 0.6 is 11.8 Å². The van der Waals surface area contributed by atoms with Crippen LogP contribution in [0, 0.1) is 0 Å². The van der Waals surface area contributed by atoms with E-state index in [0.717, 1.165) is 23.9 Å². The largest absolute Gasteiger partial charge is 1.00 e. The Hall–Kier alpha value is -1.11. The van der Waals surface area contributed by atoms with Gasteiger partial charge in [-0.15, -0.1) is 13.2 Å². The van der Waals surface area contributed by atoms with Crippen LogP contribution in [0.25, 0.3) is 0 Å². The first-order chi connectivity index (χ1) is 11.7. The maximum Gasteiger partial charge on any atom is 1.00 e. The molecule has 6 nitrogen and oxygen atoms in total. The van der Waals surface area contributed by atoms with Gasteiger partial charge in [0.25, 0.3) is 0 Å². The van der Waals surface area contributed by atoms with Crippen LogP contribution < -0.4 is 66.5 Å². The van der Waals surface area contributed by atoms with Gasteiger partial charge in [0, 0.05) is 17.4 Å². The summed E-state index contributed by atoms with van der Waals surface area (Å²) in [5.41, 5.74) is 0.134. The minimum atomic E-state index is -4.79. The van der Waals surface area contributed by atoms with Gasteiger partial charge in [0.05, 0.1) is 11.7 Å². The molecule has 1 heterocycles. The molecule has 132 valence electrons. The summed E-state index contributed by atoms with van der Waals surface area (Å²) in [6.45, 7) is 0. The van der Waals surface area contributed by atoms with Gasteiger partial charge >= 0.3 is 57.7 Å². The molecule has 1 aromatic carbocycles. The summed E-state index contributed by atoms with van der Waals surface area (Å²) in [5, 5.41) is 13.5. The number of hydrogen-bond donors (Lipinski definition) is 1. The Balaban J connectivity index is 0.00000338. The van der Waals surface area contributed by atoms with Crippen LogP contribution in [0.4, 0.5) is 18.9 Å². The van der Waals surface area contributed by atoms with Crippen LogP contribution in [0.3, 0.4) is 0 Å². The number of nitrogens with one attached hydrogen (secondary N) is 1. The molecular formula is C15H10F3KN2O4S. The number of rotatable bonds is 6. The number of carboxylic acid groups (broad SMARTS) is 1. The van der Waals surface area contributed by atoms with E-state index in [2.05, 4.69) is 15.0 Å². The van der Waals surface area contributed by atoms with E-state index < -0.39 is 24.0 Å². The number of carbonyl (C=O) groups excluding carboxylic acids is 2. The first-order valence-electron chi connectivity index (χ1n) is 6.69. The third kappa shape index (κ3) is 7.64. The van der Waals surface area contributed by atoms with E-state index in [-0.39, 0.29) is 73.4 Å². The summed E-state index contributed by atoms with van der Waals surface area (Å²) >= 11 is 0.896. The van der Waals surface area contributed by atoms with Gasteiger partial charge < -0.3 is 20.0 Å². The third-order valence-electron chi connectivity index (χ3n) is 2.70. The molecule has 11 heteroatoms. The summed E-state index contributed by atoms with van der Waals surface area (Å²) in [6.07, 6.45) is -3.41. The molecule has 2 rings (SSSR count). The van der Waals surface area contributed by atoms with Crippen LogP contribution in [0.15, 0.2) is 47.6 Å². The fraction of sp³-hybridized carbons (Fsp3) is 0.133. The molecule has 0 aliphatic carbocycles.